The van der Waals surface area contributed by atoms with Crippen molar-refractivity contribution >= 4 is 26.6 Å². The highest BCUT2D eigenvalue weighted by Gasteiger charge is 2.41. The van der Waals surface area contributed by atoms with Crippen LogP contribution in [0.3, 0.4) is 0 Å². The van der Waals surface area contributed by atoms with Crippen LogP contribution in [0.2, 0.25) is 0 Å². The molecule has 1 aliphatic rings. The molecule has 4 heterocycles. The number of halogens is 3. The number of unbranched alkanes of at least 4 members (excludes halogenated alkanes) is 2. The van der Waals surface area contributed by atoms with E-state index in [9.17, 15) is 8.42 Å². The maximum atomic E-state index is 16.0. The van der Waals surface area contributed by atoms with Crippen LogP contribution in [0.1, 0.15) is 82.3 Å². The summed E-state index contributed by atoms with van der Waals surface area (Å²) in [4.78, 5) is 14.5. The fraction of sp³-hybridized carbons (Fsp3) is 0.340. The van der Waals surface area contributed by atoms with Crippen LogP contribution >= 0.6 is 0 Å². The average Bonchev–Trinajstić information content (AvgIpc) is 3.91. The molecule has 2 atom stereocenters. The maximum absolute atomic E-state index is 16.0. The van der Waals surface area contributed by atoms with Crippen LogP contribution in [0.25, 0.3) is 44.9 Å². The normalized spacial score (nSPS) is 15.8. The molecule has 11 nitrogen and oxygen atoms in total. The lowest BCUT2D eigenvalue weighted by Crippen LogP contribution is -2.48. The largest absolute Gasteiger partial charge is 0.493 e. The quantitative estimate of drug-likeness (QED) is 0.0753. The topological polar surface area (TPSA) is 152 Å². The van der Waals surface area contributed by atoms with Gasteiger partial charge in [0.1, 0.15) is 28.7 Å². The maximum Gasteiger partial charge on any atom is 0.189 e. The Balaban J connectivity index is 0.811. The Morgan fingerprint density at radius 2 is 1.65 bits per heavy atom. The molecular weight excluding hydrogens is 852 g/mol. The highest BCUT2D eigenvalue weighted by molar-refractivity contribution is 7.92. The Labute approximate surface area is 377 Å². The van der Waals surface area contributed by atoms with E-state index in [4.69, 9.17) is 15.0 Å². The lowest BCUT2D eigenvalue weighted by atomic mass is 9.87. The number of anilines is 1. The number of sulfone groups is 1. The number of alkyl halides is 1. The van der Waals surface area contributed by atoms with Gasteiger partial charge >= 0.3 is 0 Å². The van der Waals surface area contributed by atoms with Crippen LogP contribution in [0, 0.1) is 11.6 Å². The van der Waals surface area contributed by atoms with Crippen molar-refractivity contribution in [1.82, 2.24) is 30.3 Å². The van der Waals surface area contributed by atoms with E-state index in [1.165, 1.54) is 32.2 Å². The van der Waals surface area contributed by atoms with Gasteiger partial charge in [-0.2, -0.15) is 0 Å². The lowest BCUT2D eigenvalue weighted by Gasteiger charge is -2.43. The minimum Gasteiger partial charge on any atom is -0.493 e. The van der Waals surface area contributed by atoms with Gasteiger partial charge < -0.3 is 25.3 Å². The molecule has 0 amide bonds. The number of nitrogens with zero attached hydrogens (tertiary/aromatic N) is 4. The number of rotatable bonds is 17. The number of hydrogen-bond acceptors (Lipinski definition) is 10. The number of benzene rings is 4. The van der Waals surface area contributed by atoms with Gasteiger partial charge in [-0.25, -0.2) is 31.6 Å². The molecule has 0 aliphatic carbocycles. The number of aromatic amines is 1. The number of nitrogens with two attached hydrogens (primary N) is 1. The van der Waals surface area contributed by atoms with Crippen molar-refractivity contribution < 1.29 is 30.8 Å². The smallest absolute Gasteiger partial charge is 0.189 e. The van der Waals surface area contributed by atoms with E-state index in [2.05, 4.69) is 25.4 Å². The molecule has 0 unspecified atom stereocenters. The second-order valence-corrected chi connectivity index (χ2v) is 20.2. The van der Waals surface area contributed by atoms with Gasteiger partial charge in [-0.3, -0.25) is 4.90 Å². The molecule has 0 saturated heterocycles. The zero-order chi connectivity index (χ0) is 46.0. The molecule has 0 fully saturated rings. The van der Waals surface area contributed by atoms with Gasteiger partial charge in [-0.05, 0) is 96.2 Å². The van der Waals surface area contributed by atoms with Gasteiger partial charge in [0.15, 0.2) is 27.1 Å². The third-order valence-electron chi connectivity index (χ3n) is 11.9. The zero-order valence-electron chi connectivity index (χ0n) is 37.2. The number of ether oxygens (including phenoxy) is 1. The lowest BCUT2D eigenvalue weighted by molar-refractivity contribution is 0.0642. The summed E-state index contributed by atoms with van der Waals surface area (Å²) in [5.74, 6) is -0.805. The minimum atomic E-state index is -3.41. The van der Waals surface area contributed by atoms with Crippen molar-refractivity contribution in [1.29, 1.82) is 0 Å². The van der Waals surface area contributed by atoms with Gasteiger partial charge in [-0.1, -0.05) is 59.8 Å². The number of aromatic nitrogens is 4. The van der Waals surface area contributed by atoms with Crippen molar-refractivity contribution in [2.45, 2.75) is 94.7 Å². The molecule has 0 spiro atoms. The molecule has 8 rings (SSSR count). The van der Waals surface area contributed by atoms with Crippen LogP contribution < -0.4 is 15.8 Å². The Kier molecular flexibility index (Phi) is 13.2. The molecule has 340 valence electrons. The molecule has 4 aromatic carbocycles. The van der Waals surface area contributed by atoms with Crippen LogP contribution in [-0.2, 0) is 22.8 Å². The van der Waals surface area contributed by atoms with Gasteiger partial charge in [0.2, 0.25) is 0 Å². The molecule has 0 saturated carbocycles. The standard InChI is InChI=1S/C50H54F3N7O4S/c1-30(2)65(61,62)36-19-17-34(18-20-36)43-28-56-49(54)47(58-43)44-26-42(59-64-44)33-15-13-32(14-16-33)27-55-21-9-6-10-22-63-35-24-39(51)45(40(52)25-35)48-46-38(37-11-7-8-12-41(37)57-46)23-31(3)60(48)29-50(4,5)53/h7-8,11-20,24-26,28,30-31,48,55,57H,6,9-10,21-23,27,29H2,1-5H3,(H2,54,56)/t31-,48-/m1/s1. The number of nitrogens with one attached hydrogen (secondary N) is 2. The number of nitrogen functional groups attached to an aromatic ring is 1. The first kappa shape index (κ1) is 45.5. The molecule has 3 aromatic heterocycles. The van der Waals surface area contributed by atoms with E-state index in [1.807, 2.05) is 60.4 Å². The summed E-state index contributed by atoms with van der Waals surface area (Å²) in [5, 5.41) is 8.18. The fourth-order valence-electron chi connectivity index (χ4n) is 8.48. The summed E-state index contributed by atoms with van der Waals surface area (Å²) in [6.45, 7) is 10.0. The van der Waals surface area contributed by atoms with Gasteiger partial charge in [0.25, 0.3) is 0 Å². The number of fused-ring (bicyclic) bond motifs is 3. The first-order valence-corrected chi connectivity index (χ1v) is 23.5. The summed E-state index contributed by atoms with van der Waals surface area (Å²) < 4.78 is 83.8. The van der Waals surface area contributed by atoms with E-state index in [0.717, 1.165) is 47.0 Å². The third-order valence-corrected chi connectivity index (χ3v) is 14.1. The summed E-state index contributed by atoms with van der Waals surface area (Å²) in [7, 11) is -3.41. The molecule has 4 N–H and O–H groups in total. The molecule has 7 aromatic rings. The Morgan fingerprint density at radius 1 is 0.954 bits per heavy atom. The molecular formula is C50H54F3N7O4S. The highest BCUT2D eigenvalue weighted by atomic mass is 32.2. The summed E-state index contributed by atoms with van der Waals surface area (Å²) in [6.07, 6.45) is 4.61. The number of para-hydroxylation sites is 1. The fourth-order valence-corrected chi connectivity index (χ4v) is 9.54. The minimum absolute atomic E-state index is 0.0128. The molecule has 1 aliphatic heterocycles. The van der Waals surface area contributed by atoms with Crippen LogP contribution in [0.4, 0.5) is 19.0 Å². The van der Waals surface area contributed by atoms with Crippen molar-refractivity contribution in [2.75, 3.05) is 25.4 Å². The zero-order valence-corrected chi connectivity index (χ0v) is 38.0. The Hall–Kier alpha value is -6.03. The van der Waals surface area contributed by atoms with E-state index >= 15 is 13.2 Å². The van der Waals surface area contributed by atoms with Crippen LogP contribution in [0.15, 0.2) is 107 Å². The van der Waals surface area contributed by atoms with Crippen molar-refractivity contribution in [3.63, 3.8) is 0 Å². The van der Waals surface area contributed by atoms with Crippen LogP contribution in [0.5, 0.6) is 5.75 Å². The second kappa shape index (κ2) is 18.8. The van der Waals surface area contributed by atoms with E-state index in [1.54, 1.807) is 44.2 Å². The van der Waals surface area contributed by atoms with E-state index < -0.39 is 38.4 Å². The van der Waals surface area contributed by atoms with Gasteiger partial charge in [0.05, 0.1) is 34.7 Å². The van der Waals surface area contributed by atoms with Gasteiger partial charge in [-0.15, -0.1) is 0 Å². The predicted octanol–water partition coefficient (Wildman–Crippen LogP) is 10.4. The number of hydrogen-bond donors (Lipinski definition) is 3. The van der Waals surface area contributed by atoms with Crippen molar-refractivity contribution in [2.24, 2.45) is 0 Å². The molecule has 0 radical (unpaired) electrons. The second-order valence-electron chi connectivity index (χ2n) is 17.7. The van der Waals surface area contributed by atoms with E-state index in [0.29, 0.717) is 60.1 Å². The van der Waals surface area contributed by atoms with Crippen molar-refractivity contribution in [3.05, 3.63) is 131 Å². The SMILES string of the molecule is CC(C)S(=O)(=O)c1ccc(-c2cnc(N)c(-c3cc(-c4ccc(CNCCCCCOc5cc(F)c([C@@H]6c7[nH]c8ccccc8c7C[C@@H](C)N6CC(C)(C)F)c(F)c5)cc4)no3)n2)cc1. The molecule has 65 heavy (non-hydrogen) atoms. The first-order valence-electron chi connectivity index (χ1n) is 22.0. The monoisotopic (exact) mass is 905 g/mol. The average molecular weight is 906 g/mol. The van der Waals surface area contributed by atoms with Crippen LogP contribution in [-0.4, -0.2) is 70.1 Å². The highest BCUT2D eigenvalue weighted by Crippen LogP contribution is 2.44. The summed E-state index contributed by atoms with van der Waals surface area (Å²) in [5.41, 5.74) is 11.1. The third kappa shape index (κ3) is 9.97. The Morgan fingerprint density at radius 3 is 2.35 bits per heavy atom. The molecule has 0 bridgehead atoms. The van der Waals surface area contributed by atoms with Gasteiger partial charge in [0, 0.05) is 70.6 Å². The Bertz CT molecular complexity index is 2870. The van der Waals surface area contributed by atoms with E-state index in [-0.39, 0.29) is 34.6 Å². The predicted molar refractivity (Wildman–Crippen MR) is 248 cm³/mol. The van der Waals surface area contributed by atoms with Crippen molar-refractivity contribution in [3.8, 4) is 39.7 Å². The first-order chi connectivity index (χ1) is 31.1. The molecule has 15 heteroatoms. The summed E-state index contributed by atoms with van der Waals surface area (Å²) >= 11 is 0. The number of H-pyrrole nitrogens is 1. The summed E-state index contributed by atoms with van der Waals surface area (Å²) in [6, 6.07) is 25.5.